The van der Waals surface area contributed by atoms with E-state index in [2.05, 4.69) is 4.98 Å². The molecule has 1 aromatic carbocycles. The zero-order valence-corrected chi connectivity index (χ0v) is 9.45. The van der Waals surface area contributed by atoms with E-state index >= 15 is 0 Å². The van der Waals surface area contributed by atoms with E-state index in [1.165, 1.54) is 18.3 Å². The van der Waals surface area contributed by atoms with Crippen LogP contribution in [0.25, 0.3) is 0 Å². The van der Waals surface area contributed by atoms with Crippen LogP contribution in [0.4, 0.5) is 8.78 Å². The third kappa shape index (κ3) is 2.13. The molecule has 5 heteroatoms. The van der Waals surface area contributed by atoms with Gasteiger partial charge in [0.25, 0.3) is 0 Å². The molecule has 90 valence electrons. The third-order valence-corrected chi connectivity index (χ3v) is 2.36. The van der Waals surface area contributed by atoms with Gasteiger partial charge in [-0.1, -0.05) is 6.07 Å². The van der Waals surface area contributed by atoms with Gasteiger partial charge in [-0.25, -0.2) is 9.37 Å². The van der Waals surface area contributed by atoms with Crippen LogP contribution >= 0.6 is 0 Å². The zero-order valence-electron chi connectivity index (χ0n) is 9.45. The maximum Gasteiger partial charge on any atom is 0.237 e. The fourth-order valence-electron chi connectivity index (χ4n) is 1.41. The Morgan fingerprint density at radius 1 is 1.28 bits per heavy atom. The van der Waals surface area contributed by atoms with Gasteiger partial charge in [-0.05, 0) is 30.7 Å². The molecule has 18 heavy (non-hydrogen) atoms. The SMILES string of the molecule is Cc1ccnc(Oc2cccc(F)c2F)c1C#N. The second-order valence-corrected chi connectivity index (χ2v) is 3.57. The highest BCUT2D eigenvalue weighted by Gasteiger charge is 2.13. The molecule has 0 bridgehead atoms. The smallest absolute Gasteiger partial charge is 0.237 e. The summed E-state index contributed by atoms with van der Waals surface area (Å²) in [5.41, 5.74) is 0.848. The van der Waals surface area contributed by atoms with Crippen molar-refractivity contribution in [2.24, 2.45) is 0 Å². The molecule has 0 spiro atoms. The number of aryl methyl sites for hydroxylation is 1. The summed E-state index contributed by atoms with van der Waals surface area (Å²) in [6.45, 7) is 1.70. The molecule has 0 unspecified atom stereocenters. The van der Waals surface area contributed by atoms with Crippen LogP contribution in [0, 0.1) is 29.9 Å². The molecule has 0 radical (unpaired) electrons. The molecule has 0 amide bonds. The van der Waals surface area contributed by atoms with Crippen LogP contribution in [0.2, 0.25) is 0 Å². The predicted octanol–water partition coefficient (Wildman–Crippen LogP) is 3.33. The van der Waals surface area contributed by atoms with E-state index in [4.69, 9.17) is 10.00 Å². The van der Waals surface area contributed by atoms with Crippen LogP contribution in [0.1, 0.15) is 11.1 Å². The van der Waals surface area contributed by atoms with Crippen molar-refractivity contribution in [2.75, 3.05) is 0 Å². The van der Waals surface area contributed by atoms with Gasteiger partial charge in [0.15, 0.2) is 11.6 Å². The van der Waals surface area contributed by atoms with E-state index in [9.17, 15) is 8.78 Å². The third-order valence-electron chi connectivity index (χ3n) is 2.36. The van der Waals surface area contributed by atoms with Crippen LogP contribution in [0.3, 0.4) is 0 Å². The lowest BCUT2D eigenvalue weighted by atomic mass is 10.2. The van der Waals surface area contributed by atoms with E-state index in [-0.39, 0.29) is 17.2 Å². The molecule has 0 saturated heterocycles. The van der Waals surface area contributed by atoms with Crippen molar-refractivity contribution in [3.05, 3.63) is 53.2 Å². The van der Waals surface area contributed by atoms with Gasteiger partial charge in [-0.15, -0.1) is 0 Å². The van der Waals surface area contributed by atoms with Crippen LogP contribution in [-0.4, -0.2) is 4.98 Å². The Hall–Kier alpha value is -2.48. The molecule has 0 aliphatic heterocycles. The number of aromatic nitrogens is 1. The summed E-state index contributed by atoms with van der Waals surface area (Å²) in [4.78, 5) is 3.84. The minimum atomic E-state index is -1.11. The molecule has 2 rings (SSSR count). The first-order valence-corrected chi connectivity index (χ1v) is 5.11. The fraction of sp³-hybridized carbons (Fsp3) is 0.0769. The van der Waals surface area contributed by atoms with Gasteiger partial charge in [0, 0.05) is 6.20 Å². The molecule has 2 aromatic rings. The average Bonchev–Trinajstić information content (AvgIpc) is 2.35. The van der Waals surface area contributed by atoms with Gasteiger partial charge in [0.05, 0.1) is 0 Å². The summed E-state index contributed by atoms with van der Waals surface area (Å²) >= 11 is 0. The molecule has 0 aliphatic rings. The number of halogens is 2. The maximum absolute atomic E-state index is 13.4. The molecule has 0 N–H and O–H groups in total. The summed E-state index contributed by atoms with van der Waals surface area (Å²) in [5, 5.41) is 8.96. The molecule has 0 saturated carbocycles. The minimum Gasteiger partial charge on any atom is -0.434 e. The fourth-order valence-corrected chi connectivity index (χ4v) is 1.41. The number of ether oxygens (including phenoxy) is 1. The Kier molecular flexibility index (Phi) is 3.20. The van der Waals surface area contributed by atoms with E-state index in [1.807, 2.05) is 6.07 Å². The number of pyridine rings is 1. The van der Waals surface area contributed by atoms with Crippen molar-refractivity contribution in [2.45, 2.75) is 6.92 Å². The normalized spacial score (nSPS) is 9.89. The van der Waals surface area contributed by atoms with E-state index < -0.39 is 11.6 Å². The maximum atomic E-state index is 13.4. The summed E-state index contributed by atoms with van der Waals surface area (Å²) < 4.78 is 31.6. The van der Waals surface area contributed by atoms with Gasteiger partial charge in [-0.3, -0.25) is 0 Å². The van der Waals surface area contributed by atoms with E-state index in [1.54, 1.807) is 13.0 Å². The lowest BCUT2D eigenvalue weighted by Crippen LogP contribution is -1.97. The lowest BCUT2D eigenvalue weighted by molar-refractivity contribution is 0.404. The number of hydrogen-bond acceptors (Lipinski definition) is 3. The molecule has 0 atom stereocenters. The number of nitrogens with zero attached hydrogens (tertiary/aromatic N) is 2. The van der Waals surface area contributed by atoms with Crippen molar-refractivity contribution in [1.29, 1.82) is 5.26 Å². The van der Waals surface area contributed by atoms with Crippen molar-refractivity contribution in [1.82, 2.24) is 4.98 Å². The van der Waals surface area contributed by atoms with Gasteiger partial charge in [0.1, 0.15) is 11.6 Å². The Morgan fingerprint density at radius 3 is 2.78 bits per heavy atom. The second-order valence-electron chi connectivity index (χ2n) is 3.57. The number of nitriles is 1. The van der Waals surface area contributed by atoms with Crippen LogP contribution in [0.15, 0.2) is 30.5 Å². The summed E-state index contributed by atoms with van der Waals surface area (Å²) in [6, 6.07) is 7.11. The Balaban J connectivity index is 2.44. The molecule has 0 aliphatic carbocycles. The van der Waals surface area contributed by atoms with Gasteiger partial charge in [0.2, 0.25) is 11.7 Å². The average molecular weight is 246 g/mol. The molecule has 0 fully saturated rings. The van der Waals surface area contributed by atoms with Crippen LogP contribution in [0.5, 0.6) is 11.6 Å². The predicted molar refractivity (Wildman–Crippen MR) is 60.1 cm³/mol. The topological polar surface area (TPSA) is 45.9 Å². The largest absolute Gasteiger partial charge is 0.434 e. The Labute approximate surface area is 102 Å². The summed E-state index contributed by atoms with van der Waals surface area (Å²) in [6.07, 6.45) is 1.43. The standard InChI is InChI=1S/C13H8F2N2O/c1-8-5-6-17-13(9(8)7-16)18-11-4-2-3-10(14)12(11)15/h2-6H,1H3. The summed E-state index contributed by atoms with van der Waals surface area (Å²) in [5.74, 6) is -2.46. The monoisotopic (exact) mass is 246 g/mol. The van der Waals surface area contributed by atoms with Gasteiger partial charge >= 0.3 is 0 Å². The van der Waals surface area contributed by atoms with Gasteiger partial charge < -0.3 is 4.74 Å². The zero-order chi connectivity index (χ0) is 13.1. The van der Waals surface area contributed by atoms with Crippen LogP contribution < -0.4 is 4.74 Å². The van der Waals surface area contributed by atoms with Crippen LogP contribution in [-0.2, 0) is 0 Å². The number of benzene rings is 1. The van der Waals surface area contributed by atoms with Crippen molar-refractivity contribution < 1.29 is 13.5 Å². The Morgan fingerprint density at radius 2 is 2.06 bits per heavy atom. The van der Waals surface area contributed by atoms with Gasteiger partial charge in [-0.2, -0.15) is 9.65 Å². The number of hydrogen-bond donors (Lipinski definition) is 0. The number of rotatable bonds is 2. The quantitative estimate of drug-likeness (QED) is 0.816. The molecule has 1 heterocycles. The van der Waals surface area contributed by atoms with Crippen molar-refractivity contribution in [3.63, 3.8) is 0 Å². The van der Waals surface area contributed by atoms with Crippen molar-refractivity contribution in [3.8, 4) is 17.7 Å². The first-order chi connectivity index (χ1) is 8.63. The first kappa shape index (κ1) is 12.0. The first-order valence-electron chi connectivity index (χ1n) is 5.11. The molecule has 1 aromatic heterocycles. The molecular formula is C13H8F2N2O. The highest BCUT2D eigenvalue weighted by molar-refractivity contribution is 5.45. The highest BCUT2D eigenvalue weighted by atomic mass is 19.2. The minimum absolute atomic E-state index is 0.0398. The highest BCUT2D eigenvalue weighted by Crippen LogP contribution is 2.27. The Bertz CT molecular complexity index is 635. The molecule has 3 nitrogen and oxygen atoms in total. The van der Waals surface area contributed by atoms with E-state index in [0.29, 0.717) is 5.56 Å². The summed E-state index contributed by atoms with van der Waals surface area (Å²) in [7, 11) is 0. The lowest BCUT2D eigenvalue weighted by Gasteiger charge is -2.08. The molecular weight excluding hydrogens is 238 g/mol. The van der Waals surface area contributed by atoms with Crippen molar-refractivity contribution >= 4 is 0 Å². The second kappa shape index (κ2) is 4.80. The van der Waals surface area contributed by atoms with E-state index in [0.717, 1.165) is 6.07 Å².